The van der Waals surface area contributed by atoms with Gasteiger partial charge in [-0.2, -0.15) is 0 Å². The van der Waals surface area contributed by atoms with Crippen LogP contribution in [-0.2, 0) is 14.3 Å². The molecule has 0 fully saturated rings. The molecule has 1 N–H and O–H groups in total. The van der Waals surface area contributed by atoms with Crippen molar-refractivity contribution in [2.45, 2.75) is 19.4 Å². The zero-order valence-electron chi connectivity index (χ0n) is 7.29. The van der Waals surface area contributed by atoms with Crippen LogP contribution in [0.3, 0.4) is 0 Å². The molecule has 12 heavy (non-hydrogen) atoms. The number of amides is 1. The van der Waals surface area contributed by atoms with E-state index in [0.717, 1.165) is 6.08 Å². The van der Waals surface area contributed by atoms with Gasteiger partial charge in [-0.15, -0.1) is 0 Å². The Balaban J connectivity index is 4.07. The SMILES string of the molecule is C=CC(=O)N[C@@H](CC)C(=O)OC. The maximum atomic E-state index is 10.9. The molecule has 0 bridgehead atoms. The van der Waals surface area contributed by atoms with Crippen LogP contribution >= 0.6 is 0 Å². The predicted molar refractivity (Wildman–Crippen MR) is 44.4 cm³/mol. The Morgan fingerprint density at radius 1 is 1.67 bits per heavy atom. The van der Waals surface area contributed by atoms with E-state index in [1.807, 2.05) is 0 Å². The Bertz CT molecular complexity index is 189. The van der Waals surface area contributed by atoms with Crippen molar-refractivity contribution in [2.75, 3.05) is 7.11 Å². The summed E-state index contributed by atoms with van der Waals surface area (Å²) >= 11 is 0. The monoisotopic (exact) mass is 171 g/mol. The molecule has 0 aliphatic heterocycles. The number of hydrogen-bond acceptors (Lipinski definition) is 3. The van der Waals surface area contributed by atoms with E-state index in [0.29, 0.717) is 6.42 Å². The fraction of sp³-hybridized carbons (Fsp3) is 0.500. The number of ether oxygens (including phenoxy) is 1. The summed E-state index contributed by atoms with van der Waals surface area (Å²) < 4.78 is 4.46. The normalized spacial score (nSPS) is 11.5. The first-order valence-corrected chi connectivity index (χ1v) is 3.66. The molecule has 0 rings (SSSR count). The summed E-state index contributed by atoms with van der Waals surface area (Å²) in [6, 6.07) is -0.569. The van der Waals surface area contributed by atoms with Gasteiger partial charge in [0.1, 0.15) is 6.04 Å². The zero-order chi connectivity index (χ0) is 9.56. The number of carbonyl (C=O) groups is 2. The van der Waals surface area contributed by atoms with Crippen LogP contribution in [0.1, 0.15) is 13.3 Å². The first-order chi connectivity index (χ1) is 5.65. The number of hydrogen-bond donors (Lipinski definition) is 1. The van der Waals surface area contributed by atoms with Crippen LogP contribution in [0.4, 0.5) is 0 Å². The van der Waals surface area contributed by atoms with Crippen molar-refractivity contribution in [1.29, 1.82) is 0 Å². The molecule has 0 saturated carbocycles. The molecule has 0 aromatic carbocycles. The van der Waals surface area contributed by atoms with Gasteiger partial charge in [0.05, 0.1) is 7.11 Å². The average Bonchev–Trinajstić information content (AvgIpc) is 2.12. The highest BCUT2D eigenvalue weighted by molar-refractivity contribution is 5.90. The molecule has 0 heterocycles. The van der Waals surface area contributed by atoms with Gasteiger partial charge in [0, 0.05) is 0 Å². The molecular formula is C8H13NO3. The highest BCUT2D eigenvalue weighted by Gasteiger charge is 2.17. The summed E-state index contributed by atoms with van der Waals surface area (Å²) in [5.41, 5.74) is 0. The minimum Gasteiger partial charge on any atom is -0.467 e. The Kier molecular flexibility index (Phi) is 4.76. The van der Waals surface area contributed by atoms with Crippen LogP contribution < -0.4 is 5.32 Å². The summed E-state index contributed by atoms with van der Waals surface area (Å²) in [6.07, 6.45) is 1.62. The van der Waals surface area contributed by atoms with E-state index in [1.54, 1.807) is 6.92 Å². The Hall–Kier alpha value is -1.32. The number of esters is 1. The molecule has 0 saturated heterocycles. The lowest BCUT2D eigenvalue weighted by atomic mass is 10.2. The lowest BCUT2D eigenvalue weighted by Gasteiger charge is -2.12. The molecular weight excluding hydrogens is 158 g/mol. The van der Waals surface area contributed by atoms with Gasteiger partial charge in [0.25, 0.3) is 0 Å². The summed E-state index contributed by atoms with van der Waals surface area (Å²) in [7, 11) is 1.28. The van der Waals surface area contributed by atoms with E-state index >= 15 is 0 Å². The van der Waals surface area contributed by atoms with E-state index in [-0.39, 0.29) is 5.91 Å². The molecule has 0 aliphatic carbocycles. The smallest absolute Gasteiger partial charge is 0.328 e. The van der Waals surface area contributed by atoms with Crippen molar-refractivity contribution < 1.29 is 14.3 Å². The van der Waals surface area contributed by atoms with Crippen LogP contribution in [0.5, 0.6) is 0 Å². The molecule has 68 valence electrons. The van der Waals surface area contributed by atoms with Crippen LogP contribution in [-0.4, -0.2) is 25.0 Å². The lowest BCUT2D eigenvalue weighted by Crippen LogP contribution is -2.40. The van der Waals surface area contributed by atoms with Crippen LogP contribution in [0.25, 0.3) is 0 Å². The third-order valence-corrected chi connectivity index (χ3v) is 1.40. The van der Waals surface area contributed by atoms with Crippen LogP contribution in [0.2, 0.25) is 0 Å². The van der Waals surface area contributed by atoms with Crippen molar-refractivity contribution in [2.24, 2.45) is 0 Å². The van der Waals surface area contributed by atoms with Gasteiger partial charge < -0.3 is 10.1 Å². The molecule has 4 heteroatoms. The van der Waals surface area contributed by atoms with Gasteiger partial charge in [0.2, 0.25) is 5.91 Å². The minimum absolute atomic E-state index is 0.368. The highest BCUT2D eigenvalue weighted by atomic mass is 16.5. The Morgan fingerprint density at radius 3 is 2.58 bits per heavy atom. The molecule has 0 aliphatic rings. The van der Waals surface area contributed by atoms with Gasteiger partial charge in [0.15, 0.2) is 0 Å². The molecule has 4 nitrogen and oxygen atoms in total. The second kappa shape index (κ2) is 5.35. The third kappa shape index (κ3) is 3.18. The van der Waals surface area contributed by atoms with Crippen molar-refractivity contribution in [3.05, 3.63) is 12.7 Å². The van der Waals surface area contributed by atoms with Gasteiger partial charge in [-0.1, -0.05) is 13.5 Å². The summed E-state index contributed by atoms with van der Waals surface area (Å²) in [6.45, 7) is 5.05. The second-order valence-electron chi connectivity index (χ2n) is 2.20. The Labute approximate surface area is 71.6 Å². The Morgan fingerprint density at radius 2 is 2.25 bits per heavy atom. The number of rotatable bonds is 4. The number of methoxy groups -OCH3 is 1. The quantitative estimate of drug-likeness (QED) is 0.487. The van der Waals surface area contributed by atoms with E-state index in [9.17, 15) is 9.59 Å². The maximum Gasteiger partial charge on any atom is 0.328 e. The fourth-order valence-electron chi connectivity index (χ4n) is 0.701. The second-order valence-corrected chi connectivity index (χ2v) is 2.20. The zero-order valence-corrected chi connectivity index (χ0v) is 7.29. The first-order valence-electron chi connectivity index (χ1n) is 3.66. The molecule has 0 unspecified atom stereocenters. The van der Waals surface area contributed by atoms with Crippen LogP contribution in [0.15, 0.2) is 12.7 Å². The van der Waals surface area contributed by atoms with E-state index in [2.05, 4.69) is 16.6 Å². The van der Waals surface area contributed by atoms with Gasteiger partial charge in [-0.25, -0.2) is 4.79 Å². The standard InChI is InChI=1S/C8H13NO3/c1-4-6(8(11)12-3)9-7(10)5-2/h5-6H,2,4H2,1,3H3,(H,9,10)/t6-/m0/s1. The molecule has 0 aromatic heterocycles. The maximum absolute atomic E-state index is 10.9. The van der Waals surface area contributed by atoms with Crippen molar-refractivity contribution >= 4 is 11.9 Å². The minimum atomic E-state index is -0.569. The first kappa shape index (κ1) is 10.7. The van der Waals surface area contributed by atoms with Gasteiger partial charge >= 0.3 is 5.97 Å². The van der Waals surface area contributed by atoms with E-state index < -0.39 is 12.0 Å². The highest BCUT2D eigenvalue weighted by Crippen LogP contribution is 1.93. The average molecular weight is 171 g/mol. The largest absolute Gasteiger partial charge is 0.467 e. The summed E-state index contributed by atoms with van der Waals surface area (Å²) in [5.74, 6) is -0.806. The van der Waals surface area contributed by atoms with E-state index in [4.69, 9.17) is 0 Å². The van der Waals surface area contributed by atoms with Crippen molar-refractivity contribution in [3.8, 4) is 0 Å². The molecule has 1 amide bonds. The third-order valence-electron chi connectivity index (χ3n) is 1.40. The van der Waals surface area contributed by atoms with Crippen LogP contribution in [0, 0.1) is 0 Å². The lowest BCUT2D eigenvalue weighted by molar-refractivity contribution is -0.144. The fourth-order valence-corrected chi connectivity index (χ4v) is 0.701. The van der Waals surface area contributed by atoms with Gasteiger partial charge in [-0.05, 0) is 12.5 Å². The molecule has 0 aromatic rings. The number of carbonyl (C=O) groups excluding carboxylic acids is 2. The topological polar surface area (TPSA) is 55.4 Å². The van der Waals surface area contributed by atoms with Crippen molar-refractivity contribution in [1.82, 2.24) is 5.32 Å². The summed E-state index contributed by atoms with van der Waals surface area (Å²) in [4.78, 5) is 21.7. The molecule has 1 atom stereocenters. The van der Waals surface area contributed by atoms with Gasteiger partial charge in [-0.3, -0.25) is 4.79 Å². The predicted octanol–water partition coefficient (Wildman–Crippen LogP) is 0.240. The van der Waals surface area contributed by atoms with E-state index in [1.165, 1.54) is 7.11 Å². The number of nitrogens with one attached hydrogen (secondary N) is 1. The molecule has 0 spiro atoms. The van der Waals surface area contributed by atoms with Crippen molar-refractivity contribution in [3.63, 3.8) is 0 Å². The summed E-state index contributed by atoms with van der Waals surface area (Å²) in [5, 5.41) is 2.44. The molecule has 0 radical (unpaired) electrons.